The maximum absolute atomic E-state index is 13.2. The van der Waals surface area contributed by atoms with Crippen LogP contribution in [0.25, 0.3) is 0 Å². The molecule has 0 radical (unpaired) electrons. The van der Waals surface area contributed by atoms with Gasteiger partial charge in [0.05, 0.1) is 0 Å². The van der Waals surface area contributed by atoms with E-state index in [1.54, 1.807) is 33.8 Å². The Hall–Kier alpha value is -2.43. The number of hydrogen-bond donors (Lipinski definition) is 0. The number of esters is 2. The van der Waals surface area contributed by atoms with E-state index in [-0.39, 0.29) is 18.6 Å². The Morgan fingerprint density at radius 1 is 1.23 bits per heavy atom. The summed E-state index contributed by atoms with van der Waals surface area (Å²) in [4.78, 5) is 38.4. The summed E-state index contributed by atoms with van der Waals surface area (Å²) in [6, 6.07) is 9.28. The minimum absolute atomic E-state index is 0.0742. The van der Waals surface area contributed by atoms with Gasteiger partial charge in [-0.2, -0.15) is 0 Å². The third-order valence-corrected chi connectivity index (χ3v) is 5.06. The van der Waals surface area contributed by atoms with Crippen molar-refractivity contribution in [3.05, 3.63) is 48.0 Å². The first-order chi connectivity index (χ1) is 12.1. The zero-order valence-corrected chi connectivity index (χ0v) is 15.6. The number of hydrogen-bond acceptors (Lipinski definition) is 5. The summed E-state index contributed by atoms with van der Waals surface area (Å²) in [5, 5.41) is 0. The van der Waals surface area contributed by atoms with Gasteiger partial charge in [-0.1, -0.05) is 30.3 Å². The van der Waals surface area contributed by atoms with Crippen molar-refractivity contribution in [1.29, 1.82) is 0 Å². The van der Waals surface area contributed by atoms with Crippen LogP contribution in [0.4, 0.5) is 0 Å². The fourth-order valence-corrected chi connectivity index (χ4v) is 3.83. The van der Waals surface area contributed by atoms with Crippen molar-refractivity contribution in [2.75, 3.05) is 0 Å². The molecule has 26 heavy (non-hydrogen) atoms. The quantitative estimate of drug-likeness (QED) is 0.615. The molecule has 1 saturated heterocycles. The van der Waals surface area contributed by atoms with E-state index < -0.39 is 34.5 Å². The highest BCUT2D eigenvalue weighted by Crippen LogP contribution is 2.53. The first kappa shape index (κ1) is 18.4. The Bertz CT molecular complexity index is 773. The van der Waals surface area contributed by atoms with Gasteiger partial charge in [-0.05, 0) is 51.8 Å². The summed E-state index contributed by atoms with van der Waals surface area (Å²) in [5.41, 5.74) is -2.46. The van der Waals surface area contributed by atoms with E-state index in [2.05, 4.69) is 0 Å². The normalized spacial score (nSPS) is 30.7. The van der Waals surface area contributed by atoms with E-state index >= 15 is 0 Å². The van der Waals surface area contributed by atoms with Gasteiger partial charge in [-0.3, -0.25) is 14.4 Å². The maximum Gasteiger partial charge on any atom is 0.325 e. The summed E-state index contributed by atoms with van der Waals surface area (Å²) < 4.78 is 11.3. The van der Waals surface area contributed by atoms with E-state index in [0.29, 0.717) is 0 Å². The largest absolute Gasteiger partial charge is 0.459 e. The highest BCUT2D eigenvalue weighted by molar-refractivity contribution is 6.05. The highest BCUT2D eigenvalue weighted by Gasteiger charge is 2.68. The van der Waals surface area contributed by atoms with Crippen LogP contribution in [0.1, 0.15) is 39.7 Å². The van der Waals surface area contributed by atoms with E-state index in [4.69, 9.17) is 9.47 Å². The molecular formula is C21H24O5. The Kier molecular flexibility index (Phi) is 4.29. The lowest BCUT2D eigenvalue weighted by Crippen LogP contribution is -2.50. The molecular weight excluding hydrogens is 332 g/mol. The van der Waals surface area contributed by atoms with Gasteiger partial charge in [0.25, 0.3) is 0 Å². The van der Waals surface area contributed by atoms with Crippen LogP contribution < -0.4 is 0 Å². The molecule has 3 atom stereocenters. The smallest absolute Gasteiger partial charge is 0.325 e. The van der Waals surface area contributed by atoms with E-state index in [1.807, 2.05) is 30.3 Å². The Morgan fingerprint density at radius 3 is 2.50 bits per heavy atom. The van der Waals surface area contributed by atoms with Crippen LogP contribution in [-0.4, -0.2) is 28.9 Å². The third kappa shape index (κ3) is 3.06. The molecule has 5 nitrogen and oxygen atoms in total. The second kappa shape index (κ2) is 6.08. The van der Waals surface area contributed by atoms with Gasteiger partial charge in [0.2, 0.25) is 0 Å². The molecule has 1 aromatic carbocycles. The number of carbonyl (C=O) groups excluding carboxylic acids is 3. The molecule has 1 aromatic rings. The molecule has 5 heteroatoms. The molecule has 2 aliphatic rings. The minimum Gasteiger partial charge on any atom is -0.459 e. The SMILES string of the molecule is CC(C)(C)OC(=O)C1(Cc2ccccc2)C(=O)O[C@]2(C)C=CC(=O)C[C@H]12. The van der Waals surface area contributed by atoms with Crippen molar-refractivity contribution >= 4 is 17.7 Å². The molecule has 0 N–H and O–H groups in total. The van der Waals surface area contributed by atoms with E-state index in [1.165, 1.54) is 6.08 Å². The number of allylic oxidation sites excluding steroid dienone is 1. The molecule has 1 aliphatic heterocycles. The Morgan fingerprint density at radius 2 is 1.88 bits per heavy atom. The lowest BCUT2D eigenvalue weighted by Gasteiger charge is -2.36. The van der Waals surface area contributed by atoms with Crippen molar-refractivity contribution < 1.29 is 23.9 Å². The van der Waals surface area contributed by atoms with Crippen molar-refractivity contribution in [2.45, 2.75) is 51.7 Å². The molecule has 1 aliphatic carbocycles. The molecule has 138 valence electrons. The van der Waals surface area contributed by atoms with E-state index in [9.17, 15) is 14.4 Å². The van der Waals surface area contributed by atoms with Crippen molar-refractivity contribution in [2.24, 2.45) is 11.3 Å². The monoisotopic (exact) mass is 356 g/mol. The van der Waals surface area contributed by atoms with Crippen LogP contribution >= 0.6 is 0 Å². The average molecular weight is 356 g/mol. The molecule has 0 spiro atoms. The number of ether oxygens (including phenoxy) is 2. The third-order valence-electron chi connectivity index (χ3n) is 5.06. The molecule has 1 fully saturated rings. The summed E-state index contributed by atoms with van der Waals surface area (Å²) in [7, 11) is 0. The molecule has 0 amide bonds. The number of benzene rings is 1. The number of carbonyl (C=O) groups is 3. The van der Waals surface area contributed by atoms with Gasteiger partial charge in [0.15, 0.2) is 11.2 Å². The van der Waals surface area contributed by atoms with E-state index in [0.717, 1.165) is 5.56 Å². The fraction of sp³-hybridized carbons (Fsp3) is 0.476. The topological polar surface area (TPSA) is 69.7 Å². The van der Waals surface area contributed by atoms with Crippen LogP contribution in [0.15, 0.2) is 42.5 Å². The molecule has 0 saturated carbocycles. The highest BCUT2D eigenvalue weighted by atomic mass is 16.6. The second-order valence-corrected chi connectivity index (χ2v) is 8.27. The zero-order chi connectivity index (χ0) is 19.2. The number of rotatable bonds is 3. The van der Waals surface area contributed by atoms with Crippen molar-refractivity contribution in [1.82, 2.24) is 0 Å². The first-order valence-corrected chi connectivity index (χ1v) is 8.80. The second-order valence-electron chi connectivity index (χ2n) is 8.27. The van der Waals surface area contributed by atoms with Crippen LogP contribution in [0.5, 0.6) is 0 Å². The van der Waals surface area contributed by atoms with Gasteiger partial charge in [0, 0.05) is 12.3 Å². The van der Waals surface area contributed by atoms with Crippen molar-refractivity contribution in [3.63, 3.8) is 0 Å². The molecule has 0 aromatic heterocycles. The Labute approximate surface area is 153 Å². The average Bonchev–Trinajstić information content (AvgIpc) is 2.75. The number of fused-ring (bicyclic) bond motifs is 1. The molecule has 1 unspecified atom stereocenters. The van der Waals surface area contributed by atoms with Crippen LogP contribution in [0.2, 0.25) is 0 Å². The predicted octanol–water partition coefficient (Wildman–Crippen LogP) is 3.02. The predicted molar refractivity (Wildman–Crippen MR) is 95.2 cm³/mol. The summed E-state index contributed by atoms with van der Waals surface area (Å²) in [5.74, 6) is -1.97. The lowest BCUT2D eigenvalue weighted by molar-refractivity contribution is -0.175. The van der Waals surface area contributed by atoms with Crippen LogP contribution in [-0.2, 0) is 30.3 Å². The van der Waals surface area contributed by atoms with Crippen LogP contribution in [0.3, 0.4) is 0 Å². The zero-order valence-electron chi connectivity index (χ0n) is 15.6. The number of ketones is 1. The summed E-state index contributed by atoms with van der Waals surface area (Å²) in [6.45, 7) is 7.02. The first-order valence-electron chi connectivity index (χ1n) is 8.80. The lowest BCUT2D eigenvalue weighted by atomic mass is 9.63. The van der Waals surface area contributed by atoms with Gasteiger partial charge >= 0.3 is 11.9 Å². The Balaban J connectivity index is 2.11. The minimum atomic E-state index is -1.54. The summed E-state index contributed by atoms with van der Waals surface area (Å²) >= 11 is 0. The van der Waals surface area contributed by atoms with Gasteiger partial charge in [0.1, 0.15) is 11.2 Å². The summed E-state index contributed by atoms with van der Waals surface area (Å²) in [6.07, 6.45) is 3.24. The van der Waals surface area contributed by atoms with Gasteiger partial charge in [-0.25, -0.2) is 0 Å². The van der Waals surface area contributed by atoms with Crippen molar-refractivity contribution in [3.8, 4) is 0 Å². The maximum atomic E-state index is 13.2. The molecule has 0 bridgehead atoms. The van der Waals surface area contributed by atoms with Gasteiger partial charge < -0.3 is 9.47 Å². The molecule has 3 rings (SSSR count). The fourth-order valence-electron chi connectivity index (χ4n) is 3.83. The standard InChI is InChI=1S/C21H24O5/c1-19(2,3)25-17(23)21(13-14-8-6-5-7-9-14)16-12-15(22)10-11-20(16,4)26-18(21)24/h5-11,16H,12-13H2,1-4H3/t16-,20+,21?/m0/s1. The molecule has 1 heterocycles. The van der Waals surface area contributed by atoms with Gasteiger partial charge in [-0.15, -0.1) is 0 Å². The van der Waals surface area contributed by atoms with Crippen LogP contribution in [0, 0.1) is 11.3 Å².